The van der Waals surface area contributed by atoms with Crippen LogP contribution < -0.4 is 5.32 Å². The maximum atomic E-state index is 12.8. The SMILES string of the molecule is CCC(=O)NC1CC(C(=O)N2CCC3(CC2)CC(c2cc(C)ccc2C)C3)C1. The molecule has 1 heterocycles. The Bertz CT molecular complexity index is 750. The zero-order chi connectivity index (χ0) is 19.9. The third-order valence-electron chi connectivity index (χ3n) is 7.54. The van der Waals surface area contributed by atoms with Crippen molar-refractivity contribution in [3.05, 3.63) is 34.9 Å². The van der Waals surface area contributed by atoms with E-state index in [4.69, 9.17) is 0 Å². The van der Waals surface area contributed by atoms with Crippen LogP contribution in [0.1, 0.15) is 74.5 Å². The Hall–Kier alpha value is -1.84. The van der Waals surface area contributed by atoms with Crippen LogP contribution in [0.4, 0.5) is 0 Å². The number of carbonyl (C=O) groups is 2. The summed E-state index contributed by atoms with van der Waals surface area (Å²) in [4.78, 5) is 26.3. The maximum Gasteiger partial charge on any atom is 0.225 e. The fraction of sp³-hybridized carbons (Fsp3) is 0.667. The normalized spacial score (nSPS) is 26.5. The van der Waals surface area contributed by atoms with Crippen molar-refractivity contribution in [1.29, 1.82) is 0 Å². The number of hydrogen-bond donors (Lipinski definition) is 1. The van der Waals surface area contributed by atoms with Crippen LogP contribution in [0.25, 0.3) is 0 Å². The Balaban J connectivity index is 1.24. The predicted molar refractivity (Wildman–Crippen MR) is 111 cm³/mol. The van der Waals surface area contributed by atoms with E-state index in [1.165, 1.54) is 24.0 Å². The molecule has 0 atom stereocenters. The third kappa shape index (κ3) is 3.70. The van der Waals surface area contributed by atoms with E-state index in [-0.39, 0.29) is 17.9 Å². The van der Waals surface area contributed by atoms with Gasteiger partial charge in [0, 0.05) is 31.5 Å². The van der Waals surface area contributed by atoms with Crippen LogP contribution in [-0.4, -0.2) is 35.8 Å². The number of nitrogens with one attached hydrogen (secondary N) is 1. The molecule has 2 aliphatic carbocycles. The lowest BCUT2D eigenvalue weighted by molar-refractivity contribution is -0.143. The number of likely N-dealkylation sites (tertiary alicyclic amines) is 1. The molecule has 1 aromatic carbocycles. The molecule has 3 fully saturated rings. The second-order valence-corrected chi connectivity index (χ2v) is 9.58. The quantitative estimate of drug-likeness (QED) is 0.852. The molecule has 3 aliphatic rings. The summed E-state index contributed by atoms with van der Waals surface area (Å²) in [6.07, 6.45) is 7.04. The number of hydrogen-bond acceptors (Lipinski definition) is 2. The van der Waals surface area contributed by atoms with Gasteiger partial charge in [-0.2, -0.15) is 0 Å². The highest BCUT2D eigenvalue weighted by Crippen LogP contribution is 2.57. The van der Waals surface area contributed by atoms with Crippen LogP contribution >= 0.6 is 0 Å². The van der Waals surface area contributed by atoms with E-state index in [1.807, 2.05) is 6.92 Å². The van der Waals surface area contributed by atoms with E-state index < -0.39 is 0 Å². The van der Waals surface area contributed by atoms with Gasteiger partial charge in [0.25, 0.3) is 0 Å². The van der Waals surface area contributed by atoms with Gasteiger partial charge in [-0.15, -0.1) is 0 Å². The van der Waals surface area contributed by atoms with Gasteiger partial charge < -0.3 is 10.2 Å². The van der Waals surface area contributed by atoms with Gasteiger partial charge in [-0.25, -0.2) is 0 Å². The van der Waals surface area contributed by atoms with Gasteiger partial charge in [0.1, 0.15) is 0 Å². The topological polar surface area (TPSA) is 49.4 Å². The van der Waals surface area contributed by atoms with E-state index >= 15 is 0 Å². The Morgan fingerprint density at radius 2 is 1.82 bits per heavy atom. The van der Waals surface area contributed by atoms with Crippen molar-refractivity contribution in [2.75, 3.05) is 13.1 Å². The Morgan fingerprint density at radius 3 is 2.46 bits per heavy atom. The molecule has 1 saturated heterocycles. The predicted octanol–water partition coefficient (Wildman–Crippen LogP) is 4.09. The molecule has 0 aromatic heterocycles. The Kier molecular flexibility index (Phi) is 5.24. The lowest BCUT2D eigenvalue weighted by Gasteiger charge is -2.53. The molecule has 1 aromatic rings. The number of nitrogens with zero attached hydrogens (tertiary/aromatic N) is 1. The first-order valence-electron chi connectivity index (χ1n) is 11.0. The smallest absolute Gasteiger partial charge is 0.225 e. The molecule has 0 bridgehead atoms. The fourth-order valence-corrected chi connectivity index (χ4v) is 5.54. The van der Waals surface area contributed by atoms with Crippen molar-refractivity contribution >= 4 is 11.8 Å². The number of carbonyl (C=O) groups excluding carboxylic acids is 2. The standard InChI is InChI=1S/C24H34N2O2/c1-4-22(27)25-20-12-18(13-20)23(28)26-9-7-24(8-10-26)14-19(15-24)21-11-16(2)5-6-17(21)3/h5-6,11,18-20H,4,7-10,12-15H2,1-3H3,(H,25,27). The minimum absolute atomic E-state index is 0.0965. The summed E-state index contributed by atoms with van der Waals surface area (Å²) in [5.41, 5.74) is 4.79. The summed E-state index contributed by atoms with van der Waals surface area (Å²) >= 11 is 0. The average molecular weight is 383 g/mol. The van der Waals surface area contributed by atoms with Crippen LogP contribution in [-0.2, 0) is 9.59 Å². The van der Waals surface area contributed by atoms with Crippen LogP contribution in [0, 0.1) is 25.2 Å². The number of aryl methyl sites for hydroxylation is 2. The molecule has 4 rings (SSSR count). The Labute approximate surface area is 169 Å². The van der Waals surface area contributed by atoms with Crippen molar-refractivity contribution in [1.82, 2.24) is 10.2 Å². The molecule has 28 heavy (non-hydrogen) atoms. The van der Waals surface area contributed by atoms with E-state index in [0.717, 1.165) is 38.8 Å². The third-order valence-corrected chi connectivity index (χ3v) is 7.54. The van der Waals surface area contributed by atoms with Gasteiger partial charge in [0.2, 0.25) is 11.8 Å². The van der Waals surface area contributed by atoms with Crippen LogP contribution in [0.15, 0.2) is 18.2 Å². The lowest BCUT2D eigenvalue weighted by Crippen LogP contribution is -2.53. The fourth-order valence-electron chi connectivity index (χ4n) is 5.54. The zero-order valence-electron chi connectivity index (χ0n) is 17.6. The Morgan fingerprint density at radius 1 is 1.14 bits per heavy atom. The number of benzene rings is 1. The zero-order valence-corrected chi connectivity index (χ0v) is 17.6. The van der Waals surface area contributed by atoms with Gasteiger partial charge in [-0.1, -0.05) is 30.7 Å². The van der Waals surface area contributed by atoms with Crippen molar-refractivity contribution in [3.63, 3.8) is 0 Å². The van der Waals surface area contributed by atoms with Crippen molar-refractivity contribution in [3.8, 4) is 0 Å². The van der Waals surface area contributed by atoms with Gasteiger partial charge in [-0.05, 0) is 74.8 Å². The highest BCUT2D eigenvalue weighted by Gasteiger charge is 2.48. The number of amides is 2. The van der Waals surface area contributed by atoms with Gasteiger partial charge in [-0.3, -0.25) is 9.59 Å². The van der Waals surface area contributed by atoms with E-state index in [9.17, 15) is 9.59 Å². The van der Waals surface area contributed by atoms with Crippen molar-refractivity contribution in [2.45, 2.75) is 77.7 Å². The van der Waals surface area contributed by atoms with Crippen LogP contribution in [0.5, 0.6) is 0 Å². The summed E-state index contributed by atoms with van der Waals surface area (Å²) in [7, 11) is 0. The molecule has 2 saturated carbocycles. The van der Waals surface area contributed by atoms with Crippen molar-refractivity contribution in [2.24, 2.45) is 11.3 Å². The van der Waals surface area contributed by atoms with Crippen LogP contribution in [0.3, 0.4) is 0 Å². The summed E-state index contributed by atoms with van der Waals surface area (Å²) in [6, 6.07) is 7.04. The van der Waals surface area contributed by atoms with Gasteiger partial charge in [0.05, 0.1) is 0 Å². The molecule has 152 valence electrons. The number of piperidine rings is 1. The average Bonchev–Trinajstić information content (AvgIpc) is 2.64. The highest BCUT2D eigenvalue weighted by atomic mass is 16.2. The summed E-state index contributed by atoms with van der Waals surface area (Å²) in [6.45, 7) is 8.11. The minimum Gasteiger partial charge on any atom is -0.353 e. The second kappa shape index (κ2) is 7.53. The lowest BCUT2D eigenvalue weighted by atomic mass is 9.55. The molecule has 0 unspecified atom stereocenters. The first-order chi connectivity index (χ1) is 13.4. The maximum absolute atomic E-state index is 12.8. The molecule has 2 amide bonds. The molecule has 4 nitrogen and oxygen atoms in total. The molecule has 1 spiro atoms. The van der Waals surface area contributed by atoms with E-state index in [1.54, 1.807) is 5.56 Å². The van der Waals surface area contributed by atoms with Crippen LogP contribution in [0.2, 0.25) is 0 Å². The highest BCUT2D eigenvalue weighted by molar-refractivity contribution is 5.81. The molecule has 1 N–H and O–H groups in total. The molecule has 4 heteroatoms. The first kappa shape index (κ1) is 19.5. The van der Waals surface area contributed by atoms with E-state index in [2.05, 4.69) is 42.3 Å². The summed E-state index contributed by atoms with van der Waals surface area (Å²) in [5, 5.41) is 3.00. The van der Waals surface area contributed by atoms with Gasteiger partial charge >= 0.3 is 0 Å². The molecular formula is C24H34N2O2. The molecule has 1 aliphatic heterocycles. The van der Waals surface area contributed by atoms with Crippen molar-refractivity contribution < 1.29 is 9.59 Å². The molecule has 0 radical (unpaired) electrons. The largest absolute Gasteiger partial charge is 0.353 e. The van der Waals surface area contributed by atoms with Gasteiger partial charge in [0.15, 0.2) is 0 Å². The monoisotopic (exact) mass is 382 g/mol. The second-order valence-electron chi connectivity index (χ2n) is 9.58. The summed E-state index contributed by atoms with van der Waals surface area (Å²) < 4.78 is 0. The first-order valence-corrected chi connectivity index (χ1v) is 11.0. The molecular weight excluding hydrogens is 348 g/mol. The number of rotatable bonds is 4. The van der Waals surface area contributed by atoms with E-state index in [0.29, 0.717) is 23.7 Å². The minimum atomic E-state index is 0.0965. The summed E-state index contributed by atoms with van der Waals surface area (Å²) in [5.74, 6) is 1.25.